The predicted molar refractivity (Wildman–Crippen MR) is 51.8 cm³/mol. The van der Waals surface area contributed by atoms with Gasteiger partial charge in [-0.3, -0.25) is 0 Å². The summed E-state index contributed by atoms with van der Waals surface area (Å²) in [6, 6.07) is 0. The van der Waals surface area contributed by atoms with Gasteiger partial charge in [0.2, 0.25) is 0 Å². The van der Waals surface area contributed by atoms with Gasteiger partial charge in [-0.2, -0.15) is 0 Å². The van der Waals surface area contributed by atoms with Gasteiger partial charge in [-0.1, -0.05) is 34.1 Å². The van der Waals surface area contributed by atoms with Crippen molar-refractivity contribution < 1.29 is 0 Å². The molecule has 1 N–H and O–H groups in total. The molecule has 0 radical (unpaired) electrons. The second-order valence-electron chi connectivity index (χ2n) is 4.41. The van der Waals surface area contributed by atoms with Crippen LogP contribution >= 0.6 is 0 Å². The monoisotopic (exact) mass is 157 g/mol. The highest BCUT2D eigenvalue weighted by molar-refractivity contribution is 4.74. The molecule has 0 aliphatic rings. The van der Waals surface area contributed by atoms with E-state index in [0.717, 1.165) is 12.5 Å². The molecule has 0 saturated carbocycles. The Labute approximate surface area is 71.6 Å². The van der Waals surface area contributed by atoms with Crippen molar-refractivity contribution in [1.82, 2.24) is 5.32 Å². The highest BCUT2D eigenvalue weighted by Crippen LogP contribution is 2.28. The first-order valence-corrected chi connectivity index (χ1v) is 4.67. The molecule has 1 heteroatoms. The second kappa shape index (κ2) is 4.76. The summed E-state index contributed by atoms with van der Waals surface area (Å²) in [5.41, 5.74) is 0.457. The van der Waals surface area contributed by atoms with Crippen molar-refractivity contribution >= 4 is 0 Å². The molecule has 11 heavy (non-hydrogen) atoms. The van der Waals surface area contributed by atoms with Crippen LogP contribution in [0.25, 0.3) is 0 Å². The average Bonchev–Trinajstić information content (AvgIpc) is 1.85. The third-order valence-corrected chi connectivity index (χ3v) is 2.31. The zero-order valence-corrected chi connectivity index (χ0v) is 8.70. The molecule has 0 aliphatic heterocycles. The summed E-state index contributed by atoms with van der Waals surface area (Å²) in [7, 11) is 2.04. The number of hydrogen-bond donors (Lipinski definition) is 1. The predicted octanol–water partition coefficient (Wildman–Crippen LogP) is 2.67. The molecular formula is C10H23N. The maximum atomic E-state index is 3.26. The fraction of sp³-hybridized carbons (Fsp3) is 1.00. The van der Waals surface area contributed by atoms with Crippen molar-refractivity contribution in [2.75, 3.05) is 13.6 Å². The molecule has 0 rings (SSSR count). The van der Waals surface area contributed by atoms with Crippen molar-refractivity contribution in [3.63, 3.8) is 0 Å². The minimum atomic E-state index is 0.457. The summed E-state index contributed by atoms with van der Waals surface area (Å²) in [5, 5.41) is 3.26. The van der Waals surface area contributed by atoms with Crippen LogP contribution in [0.1, 0.15) is 40.5 Å². The van der Waals surface area contributed by atoms with Gasteiger partial charge in [-0.25, -0.2) is 0 Å². The first-order valence-electron chi connectivity index (χ1n) is 4.67. The van der Waals surface area contributed by atoms with Gasteiger partial charge >= 0.3 is 0 Å². The van der Waals surface area contributed by atoms with Crippen LogP contribution in [0.2, 0.25) is 0 Å². The van der Waals surface area contributed by atoms with Crippen LogP contribution in [-0.2, 0) is 0 Å². The molecule has 0 aromatic carbocycles. The molecular weight excluding hydrogens is 134 g/mol. The summed E-state index contributed by atoms with van der Waals surface area (Å²) >= 11 is 0. The molecule has 0 aromatic rings. The Bertz CT molecular complexity index is 85.5. The molecule has 0 amide bonds. The normalized spacial score (nSPS) is 15.0. The number of rotatable bonds is 4. The Morgan fingerprint density at radius 3 is 2.09 bits per heavy atom. The van der Waals surface area contributed by atoms with Crippen molar-refractivity contribution in [3.05, 3.63) is 0 Å². The first kappa shape index (κ1) is 11.0. The fourth-order valence-electron chi connectivity index (χ4n) is 1.44. The lowest BCUT2D eigenvalue weighted by atomic mass is 9.78. The molecule has 0 spiro atoms. The second-order valence-corrected chi connectivity index (χ2v) is 4.41. The fourth-order valence-corrected chi connectivity index (χ4v) is 1.44. The van der Waals surface area contributed by atoms with Gasteiger partial charge in [0.1, 0.15) is 0 Å². The van der Waals surface area contributed by atoms with Crippen LogP contribution < -0.4 is 5.32 Å². The molecule has 0 fully saturated rings. The molecule has 0 bridgehead atoms. The zero-order chi connectivity index (χ0) is 8.91. The summed E-state index contributed by atoms with van der Waals surface area (Å²) in [6.07, 6.45) is 2.63. The number of hydrogen-bond acceptors (Lipinski definition) is 1. The lowest BCUT2D eigenvalue weighted by Gasteiger charge is -2.30. The van der Waals surface area contributed by atoms with Crippen LogP contribution in [0.3, 0.4) is 0 Å². The van der Waals surface area contributed by atoms with E-state index in [2.05, 4.69) is 33.0 Å². The van der Waals surface area contributed by atoms with Crippen LogP contribution in [0.5, 0.6) is 0 Å². The Hall–Kier alpha value is -0.0400. The molecule has 1 nitrogen and oxygen atoms in total. The largest absolute Gasteiger partial charge is 0.319 e. The first-order chi connectivity index (χ1) is 5.02. The van der Waals surface area contributed by atoms with E-state index in [9.17, 15) is 0 Å². The lowest BCUT2D eigenvalue weighted by Crippen LogP contribution is -2.29. The summed E-state index contributed by atoms with van der Waals surface area (Å²) in [6.45, 7) is 10.4. The molecule has 68 valence electrons. The highest BCUT2D eigenvalue weighted by Gasteiger charge is 2.22. The van der Waals surface area contributed by atoms with E-state index < -0.39 is 0 Å². The third-order valence-electron chi connectivity index (χ3n) is 2.31. The van der Waals surface area contributed by atoms with Gasteiger partial charge in [0, 0.05) is 0 Å². The Morgan fingerprint density at radius 2 is 1.82 bits per heavy atom. The molecule has 0 heterocycles. The van der Waals surface area contributed by atoms with E-state index in [0.29, 0.717) is 5.41 Å². The van der Waals surface area contributed by atoms with Crippen molar-refractivity contribution in [2.45, 2.75) is 40.5 Å². The van der Waals surface area contributed by atoms with E-state index in [1.165, 1.54) is 12.8 Å². The van der Waals surface area contributed by atoms with Gasteiger partial charge in [-0.05, 0) is 31.3 Å². The van der Waals surface area contributed by atoms with E-state index in [-0.39, 0.29) is 0 Å². The van der Waals surface area contributed by atoms with Crippen LogP contribution in [-0.4, -0.2) is 13.6 Å². The van der Waals surface area contributed by atoms with Crippen LogP contribution in [0.15, 0.2) is 0 Å². The Kier molecular flexibility index (Phi) is 4.74. The zero-order valence-electron chi connectivity index (χ0n) is 8.70. The maximum Gasteiger partial charge on any atom is -0.00185 e. The van der Waals surface area contributed by atoms with E-state index in [1.54, 1.807) is 0 Å². The van der Waals surface area contributed by atoms with Gasteiger partial charge in [0.15, 0.2) is 0 Å². The van der Waals surface area contributed by atoms with Crippen molar-refractivity contribution in [2.24, 2.45) is 11.3 Å². The minimum Gasteiger partial charge on any atom is -0.319 e. The summed E-state index contributed by atoms with van der Waals surface area (Å²) in [5.74, 6) is 0.817. The smallest absolute Gasteiger partial charge is 0.00185 e. The molecule has 0 aromatic heterocycles. The third kappa shape index (κ3) is 4.41. The topological polar surface area (TPSA) is 12.0 Å². The standard InChI is InChI=1S/C10H23N/c1-6-7-9(8-11-5)10(2,3)4/h9,11H,6-8H2,1-5H3. The van der Waals surface area contributed by atoms with Gasteiger partial charge in [-0.15, -0.1) is 0 Å². The maximum absolute atomic E-state index is 3.26. The minimum absolute atomic E-state index is 0.457. The van der Waals surface area contributed by atoms with Crippen LogP contribution in [0.4, 0.5) is 0 Å². The molecule has 1 unspecified atom stereocenters. The SMILES string of the molecule is CCCC(CNC)C(C)(C)C. The molecule has 0 aliphatic carbocycles. The van der Waals surface area contributed by atoms with Gasteiger partial charge < -0.3 is 5.32 Å². The van der Waals surface area contributed by atoms with E-state index in [1.807, 2.05) is 7.05 Å². The van der Waals surface area contributed by atoms with Gasteiger partial charge in [0.25, 0.3) is 0 Å². The number of nitrogens with one attached hydrogen (secondary N) is 1. The van der Waals surface area contributed by atoms with Gasteiger partial charge in [0.05, 0.1) is 0 Å². The van der Waals surface area contributed by atoms with Crippen molar-refractivity contribution in [3.8, 4) is 0 Å². The Balaban J connectivity index is 3.88. The molecule has 1 atom stereocenters. The summed E-state index contributed by atoms with van der Waals surface area (Å²) < 4.78 is 0. The van der Waals surface area contributed by atoms with E-state index in [4.69, 9.17) is 0 Å². The van der Waals surface area contributed by atoms with Crippen molar-refractivity contribution in [1.29, 1.82) is 0 Å². The highest BCUT2D eigenvalue weighted by atomic mass is 14.8. The van der Waals surface area contributed by atoms with Crippen LogP contribution in [0, 0.1) is 11.3 Å². The summed E-state index contributed by atoms with van der Waals surface area (Å²) in [4.78, 5) is 0. The lowest BCUT2D eigenvalue weighted by molar-refractivity contribution is 0.221. The Morgan fingerprint density at radius 1 is 1.27 bits per heavy atom. The molecule has 0 saturated heterocycles. The average molecular weight is 157 g/mol. The van der Waals surface area contributed by atoms with E-state index >= 15 is 0 Å². The quantitative estimate of drug-likeness (QED) is 0.661.